The number of anilines is 2. The molecule has 6 amide bonds. The second kappa shape index (κ2) is 8.70. The molecule has 7 rings (SSSR count). The summed E-state index contributed by atoms with van der Waals surface area (Å²) in [4.78, 5) is 62.4. The Hall–Kier alpha value is -4.61. The fraction of sp³-hybridized carbons (Fsp3) is 0.433. The van der Waals surface area contributed by atoms with Gasteiger partial charge in [0.2, 0.25) is 5.91 Å². The van der Waals surface area contributed by atoms with E-state index in [9.17, 15) is 19.2 Å². The number of aromatic amines is 1. The summed E-state index contributed by atoms with van der Waals surface area (Å²) in [5.74, 6) is 0.451. The number of amides is 6. The molecule has 42 heavy (non-hydrogen) atoms. The van der Waals surface area contributed by atoms with Gasteiger partial charge in [0.05, 0.1) is 17.6 Å². The maximum Gasteiger partial charge on any atom is 0.324 e. The van der Waals surface area contributed by atoms with Gasteiger partial charge in [0.15, 0.2) is 0 Å². The molecule has 0 saturated carbocycles. The van der Waals surface area contributed by atoms with E-state index in [2.05, 4.69) is 31.2 Å². The number of rotatable bonds is 4. The van der Waals surface area contributed by atoms with Crippen LogP contribution in [-0.2, 0) is 34.4 Å². The number of fused-ring (bicyclic) bond motifs is 2. The van der Waals surface area contributed by atoms with Crippen LogP contribution in [0.4, 0.5) is 21.0 Å². The Morgan fingerprint density at radius 1 is 1.07 bits per heavy atom. The Bertz CT molecular complexity index is 1660. The van der Waals surface area contributed by atoms with E-state index >= 15 is 0 Å². The average Bonchev–Trinajstić information content (AvgIpc) is 3.61. The van der Waals surface area contributed by atoms with Crippen LogP contribution in [-0.4, -0.2) is 70.0 Å². The minimum atomic E-state index is -0.878. The molecule has 3 aromatic rings. The van der Waals surface area contributed by atoms with Crippen molar-refractivity contribution in [2.75, 3.05) is 30.4 Å². The lowest BCUT2D eigenvalue weighted by Gasteiger charge is -2.35. The van der Waals surface area contributed by atoms with E-state index in [4.69, 9.17) is 4.98 Å². The van der Waals surface area contributed by atoms with Gasteiger partial charge in [-0.2, -0.15) is 0 Å². The van der Waals surface area contributed by atoms with Crippen molar-refractivity contribution >= 4 is 46.3 Å². The highest BCUT2D eigenvalue weighted by atomic mass is 16.2. The number of hydrogen-bond acceptors (Lipinski definition) is 6. The van der Waals surface area contributed by atoms with Gasteiger partial charge in [0, 0.05) is 67.3 Å². The summed E-state index contributed by atoms with van der Waals surface area (Å²) in [7, 11) is 1.67. The number of aromatic nitrogens is 2. The van der Waals surface area contributed by atoms with Crippen molar-refractivity contribution in [2.45, 2.75) is 63.1 Å². The van der Waals surface area contributed by atoms with Crippen LogP contribution >= 0.6 is 0 Å². The first-order valence-electron chi connectivity index (χ1n) is 14.2. The maximum atomic E-state index is 12.8. The van der Waals surface area contributed by atoms with Gasteiger partial charge in [-0.3, -0.25) is 14.9 Å². The number of nitrogens with zero attached hydrogens (tertiary/aromatic N) is 3. The zero-order chi connectivity index (χ0) is 29.6. The third-order valence-corrected chi connectivity index (χ3v) is 9.00. The number of imide groups is 1. The van der Waals surface area contributed by atoms with Crippen molar-refractivity contribution in [1.29, 1.82) is 0 Å². The summed E-state index contributed by atoms with van der Waals surface area (Å²) in [6, 6.07) is 9.31. The molecule has 218 valence electrons. The Morgan fingerprint density at radius 3 is 2.55 bits per heavy atom. The van der Waals surface area contributed by atoms with E-state index in [1.807, 2.05) is 51.1 Å². The van der Waals surface area contributed by atoms with E-state index < -0.39 is 11.0 Å². The van der Waals surface area contributed by atoms with E-state index in [1.54, 1.807) is 7.05 Å². The molecule has 1 saturated heterocycles. The van der Waals surface area contributed by atoms with Crippen LogP contribution in [0.15, 0.2) is 30.3 Å². The quantitative estimate of drug-likeness (QED) is 0.304. The van der Waals surface area contributed by atoms with Gasteiger partial charge in [-0.05, 0) is 56.2 Å². The molecule has 0 bridgehead atoms. The molecule has 1 spiro atoms. The standard InChI is InChI=1S/C30H34N8O4/c1-28(2,3)36-26(41)31-14-29-12-23(39)34-18-6-5-7-21(24(18)29)38(15-29)13-22-32-19-8-16-10-30(11-17(16)9-20(19)33-22)25(40)35-27(42)37(30)4/h5-9H,10-15H2,1-4H3,(H,32,33)(H,34,39)(H2,31,36,41)(H,35,40,42). The molecule has 0 radical (unpaired) electrons. The van der Waals surface area contributed by atoms with Crippen molar-refractivity contribution in [3.8, 4) is 0 Å². The van der Waals surface area contributed by atoms with Crippen molar-refractivity contribution in [3.05, 3.63) is 52.8 Å². The van der Waals surface area contributed by atoms with Crippen molar-refractivity contribution in [1.82, 2.24) is 30.8 Å². The Kier molecular flexibility index (Phi) is 5.45. The van der Waals surface area contributed by atoms with E-state index in [-0.39, 0.29) is 35.8 Å². The molecule has 2 atom stereocenters. The summed E-state index contributed by atoms with van der Waals surface area (Å²) in [6.45, 7) is 7.14. The summed E-state index contributed by atoms with van der Waals surface area (Å²) in [6.07, 6.45) is 1.18. The fourth-order valence-electron chi connectivity index (χ4n) is 7.14. The smallest absolute Gasteiger partial charge is 0.324 e. The zero-order valence-corrected chi connectivity index (χ0v) is 24.1. The van der Waals surface area contributed by atoms with Gasteiger partial charge >= 0.3 is 12.1 Å². The second-order valence-electron chi connectivity index (χ2n) is 13.1. The van der Waals surface area contributed by atoms with Crippen LogP contribution in [0.2, 0.25) is 0 Å². The maximum absolute atomic E-state index is 12.8. The van der Waals surface area contributed by atoms with Gasteiger partial charge in [-0.25, -0.2) is 14.6 Å². The molecular formula is C30H34N8O4. The first-order valence-corrected chi connectivity index (χ1v) is 14.2. The average molecular weight is 571 g/mol. The van der Waals surface area contributed by atoms with Crippen LogP contribution in [0.3, 0.4) is 0 Å². The third kappa shape index (κ3) is 3.99. The van der Waals surface area contributed by atoms with Crippen LogP contribution in [0, 0.1) is 0 Å². The molecule has 2 aromatic carbocycles. The monoisotopic (exact) mass is 570 g/mol. The number of carbonyl (C=O) groups is 4. The molecule has 3 aliphatic heterocycles. The predicted octanol–water partition coefficient (Wildman–Crippen LogP) is 2.28. The molecule has 1 fully saturated rings. The van der Waals surface area contributed by atoms with E-state index in [0.717, 1.165) is 44.9 Å². The van der Waals surface area contributed by atoms with E-state index in [0.29, 0.717) is 32.5 Å². The largest absolute Gasteiger partial charge is 0.363 e. The molecule has 12 heteroatoms. The molecule has 4 heterocycles. The molecule has 12 nitrogen and oxygen atoms in total. The highest BCUT2D eigenvalue weighted by molar-refractivity contribution is 6.08. The fourth-order valence-corrected chi connectivity index (χ4v) is 7.14. The molecular weight excluding hydrogens is 536 g/mol. The third-order valence-electron chi connectivity index (χ3n) is 9.00. The highest BCUT2D eigenvalue weighted by Crippen LogP contribution is 2.49. The van der Waals surface area contributed by atoms with Gasteiger partial charge in [-0.1, -0.05) is 6.07 Å². The topological polar surface area (TPSA) is 152 Å². The van der Waals surface area contributed by atoms with Crippen LogP contribution in [0.5, 0.6) is 0 Å². The summed E-state index contributed by atoms with van der Waals surface area (Å²) in [5, 5.41) is 11.4. The lowest BCUT2D eigenvalue weighted by Crippen LogP contribution is -2.53. The first-order chi connectivity index (χ1) is 19.9. The number of H-pyrrole nitrogens is 1. The van der Waals surface area contributed by atoms with Crippen LogP contribution in [0.25, 0.3) is 11.0 Å². The van der Waals surface area contributed by atoms with Crippen molar-refractivity contribution in [3.63, 3.8) is 0 Å². The Balaban J connectivity index is 1.16. The molecule has 1 aromatic heterocycles. The number of imidazole rings is 1. The number of likely N-dealkylation sites (N-methyl/N-ethyl adjacent to an activating group) is 1. The number of carbonyl (C=O) groups excluding carboxylic acids is 4. The summed E-state index contributed by atoms with van der Waals surface area (Å²) >= 11 is 0. The number of urea groups is 2. The zero-order valence-electron chi connectivity index (χ0n) is 24.1. The molecule has 1 aliphatic carbocycles. The minimum absolute atomic E-state index is 0.0705. The Morgan fingerprint density at radius 2 is 1.83 bits per heavy atom. The normalized spacial score (nSPS) is 22.0. The second-order valence-corrected chi connectivity index (χ2v) is 13.1. The molecule has 2 unspecified atom stereocenters. The van der Waals surface area contributed by atoms with Gasteiger partial charge in [0.25, 0.3) is 5.91 Å². The number of benzene rings is 2. The summed E-state index contributed by atoms with van der Waals surface area (Å²) in [5.41, 5.74) is 4.71. The van der Waals surface area contributed by atoms with Crippen LogP contribution in [0.1, 0.15) is 49.7 Å². The highest BCUT2D eigenvalue weighted by Gasteiger charge is 2.54. The molecule has 4 aliphatic rings. The van der Waals surface area contributed by atoms with Gasteiger partial charge in [-0.15, -0.1) is 0 Å². The van der Waals surface area contributed by atoms with Gasteiger partial charge in [0.1, 0.15) is 11.4 Å². The Labute approximate surface area is 242 Å². The number of nitrogens with one attached hydrogen (secondary N) is 5. The first kappa shape index (κ1) is 26.3. The lowest BCUT2D eigenvalue weighted by atomic mass is 9.76. The minimum Gasteiger partial charge on any atom is -0.363 e. The van der Waals surface area contributed by atoms with Gasteiger partial charge < -0.3 is 30.7 Å². The van der Waals surface area contributed by atoms with E-state index in [1.165, 1.54) is 4.90 Å². The summed E-state index contributed by atoms with van der Waals surface area (Å²) < 4.78 is 0. The SMILES string of the molecule is CN1C(=O)NC(=O)C12Cc1cc3nc(CN4CC5(CNC(=O)NC(C)(C)C)CC(=O)Nc6cccc4c65)[nH]c3cc1C2. The molecule has 5 N–H and O–H groups in total. The van der Waals surface area contributed by atoms with Crippen molar-refractivity contribution in [2.24, 2.45) is 0 Å². The van der Waals surface area contributed by atoms with Crippen LogP contribution < -0.4 is 26.2 Å². The predicted molar refractivity (Wildman–Crippen MR) is 156 cm³/mol. The lowest BCUT2D eigenvalue weighted by molar-refractivity contribution is -0.125. The van der Waals surface area contributed by atoms with Crippen molar-refractivity contribution < 1.29 is 19.2 Å². The number of hydrogen-bond donors (Lipinski definition) is 5.